The maximum Gasteiger partial charge on any atom is 0.248 e. The van der Waals surface area contributed by atoms with Gasteiger partial charge in [0.1, 0.15) is 0 Å². The van der Waals surface area contributed by atoms with Crippen LogP contribution in [0.1, 0.15) is 28.8 Å². The van der Waals surface area contributed by atoms with Gasteiger partial charge in [0.2, 0.25) is 5.91 Å². The van der Waals surface area contributed by atoms with Gasteiger partial charge in [0.15, 0.2) is 0 Å². The Labute approximate surface area is 108 Å². The third-order valence-corrected chi connectivity index (χ3v) is 3.68. The van der Waals surface area contributed by atoms with Crippen molar-refractivity contribution in [2.24, 2.45) is 5.73 Å². The number of rotatable bonds is 3. The van der Waals surface area contributed by atoms with Crippen LogP contribution in [-0.2, 0) is 0 Å². The molecule has 1 amide bonds. The maximum atomic E-state index is 11.1. The number of hydrogen-bond acceptors (Lipinski definition) is 3. The number of aryl methyl sites for hydroxylation is 1. The van der Waals surface area contributed by atoms with E-state index in [4.69, 9.17) is 5.73 Å². The van der Waals surface area contributed by atoms with Gasteiger partial charge in [0.05, 0.1) is 0 Å². The fourth-order valence-electron chi connectivity index (χ4n) is 2.57. The lowest BCUT2D eigenvalue weighted by molar-refractivity contribution is 0.1000. The Bertz CT molecular complexity index is 439. The summed E-state index contributed by atoms with van der Waals surface area (Å²) in [7, 11) is 2.12. The largest absolute Gasteiger partial charge is 0.370 e. The average Bonchev–Trinajstić information content (AvgIpc) is 2.38. The number of anilines is 1. The minimum absolute atomic E-state index is 0.369. The van der Waals surface area contributed by atoms with Crippen LogP contribution in [0.4, 0.5) is 5.69 Å². The molecule has 1 heterocycles. The van der Waals surface area contributed by atoms with E-state index in [1.54, 1.807) is 6.07 Å². The van der Waals surface area contributed by atoms with Gasteiger partial charge in [-0.1, -0.05) is 0 Å². The molecule has 1 saturated heterocycles. The first-order valence-electron chi connectivity index (χ1n) is 6.43. The van der Waals surface area contributed by atoms with E-state index in [9.17, 15) is 4.79 Å². The van der Waals surface area contributed by atoms with Gasteiger partial charge < -0.3 is 16.0 Å². The third kappa shape index (κ3) is 2.64. The number of carbonyl (C=O) groups excluding carboxylic acids is 1. The molecular weight excluding hydrogens is 226 g/mol. The minimum Gasteiger partial charge on any atom is -0.370 e. The Morgan fingerprint density at radius 1 is 1.50 bits per heavy atom. The van der Waals surface area contributed by atoms with E-state index in [0.29, 0.717) is 11.6 Å². The number of benzene rings is 1. The van der Waals surface area contributed by atoms with Gasteiger partial charge in [0, 0.05) is 30.9 Å². The van der Waals surface area contributed by atoms with Crippen molar-refractivity contribution in [2.45, 2.75) is 25.8 Å². The summed E-state index contributed by atoms with van der Waals surface area (Å²) in [6, 6.07) is 6.18. The van der Waals surface area contributed by atoms with Crippen LogP contribution in [0.25, 0.3) is 0 Å². The summed E-state index contributed by atoms with van der Waals surface area (Å²) in [4.78, 5) is 13.4. The standard InChI is InChI=1S/C14H21N3O/c1-10-8-11(14(15)18)5-6-13(10)17(2)12-4-3-7-16-9-12/h5-6,8,12,16H,3-4,7,9H2,1-2H3,(H2,15,18). The Kier molecular flexibility index (Phi) is 3.87. The molecular formula is C14H21N3O. The molecule has 0 radical (unpaired) electrons. The number of hydrogen-bond donors (Lipinski definition) is 2. The van der Waals surface area contributed by atoms with Gasteiger partial charge in [-0.05, 0) is 50.1 Å². The summed E-state index contributed by atoms with van der Waals surface area (Å²) in [6.07, 6.45) is 2.42. The molecule has 0 spiro atoms. The zero-order valence-corrected chi connectivity index (χ0v) is 11.1. The molecule has 0 saturated carbocycles. The predicted octanol–water partition coefficient (Wildman–Crippen LogP) is 1.28. The van der Waals surface area contributed by atoms with Crippen molar-refractivity contribution >= 4 is 11.6 Å². The number of nitrogens with zero attached hydrogens (tertiary/aromatic N) is 1. The third-order valence-electron chi connectivity index (χ3n) is 3.68. The average molecular weight is 247 g/mol. The molecule has 1 aliphatic rings. The monoisotopic (exact) mass is 247 g/mol. The van der Waals surface area contributed by atoms with E-state index in [-0.39, 0.29) is 5.91 Å². The molecule has 98 valence electrons. The molecule has 3 N–H and O–H groups in total. The molecule has 0 bridgehead atoms. The molecule has 4 nitrogen and oxygen atoms in total. The molecule has 1 unspecified atom stereocenters. The Balaban J connectivity index is 2.19. The highest BCUT2D eigenvalue weighted by Crippen LogP contribution is 2.24. The van der Waals surface area contributed by atoms with E-state index >= 15 is 0 Å². The second-order valence-corrected chi connectivity index (χ2v) is 4.98. The number of nitrogens with two attached hydrogens (primary N) is 1. The van der Waals surface area contributed by atoms with Gasteiger partial charge in [-0.25, -0.2) is 0 Å². The highest BCUT2D eigenvalue weighted by atomic mass is 16.1. The van der Waals surface area contributed by atoms with Crippen molar-refractivity contribution in [3.8, 4) is 0 Å². The number of nitrogens with one attached hydrogen (secondary N) is 1. The van der Waals surface area contributed by atoms with Crippen LogP contribution < -0.4 is 16.0 Å². The Morgan fingerprint density at radius 3 is 2.83 bits per heavy atom. The molecule has 4 heteroatoms. The van der Waals surface area contributed by atoms with Crippen LogP contribution in [0, 0.1) is 6.92 Å². The van der Waals surface area contributed by atoms with Gasteiger partial charge in [-0.15, -0.1) is 0 Å². The summed E-state index contributed by atoms with van der Waals surface area (Å²) in [5.41, 5.74) is 8.14. The second kappa shape index (κ2) is 5.40. The molecule has 2 rings (SSSR count). The number of piperidine rings is 1. The summed E-state index contributed by atoms with van der Waals surface area (Å²) in [6.45, 7) is 4.16. The van der Waals surface area contributed by atoms with E-state index < -0.39 is 0 Å². The molecule has 0 aromatic heterocycles. The lowest BCUT2D eigenvalue weighted by Gasteiger charge is -2.34. The van der Waals surface area contributed by atoms with Crippen molar-refractivity contribution in [3.63, 3.8) is 0 Å². The normalized spacial score (nSPS) is 19.6. The lowest BCUT2D eigenvalue weighted by atomic mass is 10.0. The van der Waals surface area contributed by atoms with E-state index in [0.717, 1.165) is 18.7 Å². The highest BCUT2D eigenvalue weighted by Gasteiger charge is 2.19. The molecule has 1 atom stereocenters. The molecule has 0 aliphatic carbocycles. The number of amides is 1. The Hall–Kier alpha value is -1.55. The summed E-state index contributed by atoms with van der Waals surface area (Å²) < 4.78 is 0. The van der Waals surface area contributed by atoms with Crippen molar-refractivity contribution in [1.82, 2.24) is 5.32 Å². The van der Waals surface area contributed by atoms with Crippen LogP contribution in [-0.4, -0.2) is 32.1 Å². The topological polar surface area (TPSA) is 58.4 Å². The van der Waals surface area contributed by atoms with Crippen LogP contribution in [0.5, 0.6) is 0 Å². The number of primary amides is 1. The lowest BCUT2D eigenvalue weighted by Crippen LogP contribution is -2.44. The van der Waals surface area contributed by atoms with Gasteiger partial charge >= 0.3 is 0 Å². The first kappa shape index (κ1) is 12.9. The predicted molar refractivity (Wildman–Crippen MR) is 74.0 cm³/mol. The first-order chi connectivity index (χ1) is 8.59. The summed E-state index contributed by atoms with van der Waals surface area (Å²) in [5, 5.41) is 3.42. The maximum absolute atomic E-state index is 11.1. The van der Waals surface area contributed by atoms with Crippen molar-refractivity contribution in [3.05, 3.63) is 29.3 Å². The fraction of sp³-hybridized carbons (Fsp3) is 0.500. The molecule has 1 aromatic rings. The molecule has 1 aliphatic heterocycles. The van der Waals surface area contributed by atoms with Crippen LogP contribution >= 0.6 is 0 Å². The molecule has 1 fully saturated rings. The molecule has 18 heavy (non-hydrogen) atoms. The Morgan fingerprint density at radius 2 is 2.28 bits per heavy atom. The summed E-state index contributed by atoms with van der Waals surface area (Å²) >= 11 is 0. The quantitative estimate of drug-likeness (QED) is 0.846. The van der Waals surface area contributed by atoms with Gasteiger partial charge in [-0.2, -0.15) is 0 Å². The van der Waals surface area contributed by atoms with Crippen molar-refractivity contribution in [1.29, 1.82) is 0 Å². The second-order valence-electron chi connectivity index (χ2n) is 4.98. The summed E-state index contributed by atoms with van der Waals surface area (Å²) in [5.74, 6) is -0.369. The van der Waals surface area contributed by atoms with Crippen molar-refractivity contribution in [2.75, 3.05) is 25.0 Å². The molecule has 1 aromatic carbocycles. The van der Waals surface area contributed by atoms with E-state index in [2.05, 4.69) is 17.3 Å². The number of carbonyl (C=O) groups is 1. The van der Waals surface area contributed by atoms with Gasteiger partial charge in [-0.3, -0.25) is 4.79 Å². The smallest absolute Gasteiger partial charge is 0.248 e. The minimum atomic E-state index is -0.369. The highest BCUT2D eigenvalue weighted by molar-refractivity contribution is 5.93. The zero-order valence-electron chi connectivity index (χ0n) is 11.1. The van der Waals surface area contributed by atoms with E-state index in [1.807, 2.05) is 19.1 Å². The van der Waals surface area contributed by atoms with E-state index in [1.165, 1.54) is 18.5 Å². The SMILES string of the molecule is Cc1cc(C(N)=O)ccc1N(C)C1CCCNC1. The van der Waals surface area contributed by atoms with Crippen molar-refractivity contribution < 1.29 is 4.79 Å². The van der Waals surface area contributed by atoms with Crippen LogP contribution in [0.3, 0.4) is 0 Å². The van der Waals surface area contributed by atoms with Gasteiger partial charge in [0.25, 0.3) is 0 Å². The van der Waals surface area contributed by atoms with Crippen LogP contribution in [0.15, 0.2) is 18.2 Å². The first-order valence-corrected chi connectivity index (χ1v) is 6.43. The van der Waals surface area contributed by atoms with Crippen LogP contribution in [0.2, 0.25) is 0 Å². The fourth-order valence-corrected chi connectivity index (χ4v) is 2.57. The zero-order chi connectivity index (χ0) is 13.1. The number of likely N-dealkylation sites (N-methyl/N-ethyl adjacent to an activating group) is 1.